The van der Waals surface area contributed by atoms with Gasteiger partial charge in [-0.05, 0) is 41.6 Å². The van der Waals surface area contributed by atoms with Crippen LogP contribution in [0.2, 0.25) is 5.02 Å². The van der Waals surface area contributed by atoms with Gasteiger partial charge in [-0.25, -0.2) is 14.8 Å². The van der Waals surface area contributed by atoms with Crippen molar-refractivity contribution in [3.8, 4) is 22.9 Å². The predicted molar refractivity (Wildman–Crippen MR) is 100 cm³/mol. The van der Waals surface area contributed by atoms with Gasteiger partial charge in [-0.1, -0.05) is 47.6 Å². The average Bonchev–Trinajstić information content (AvgIpc) is 2.69. The summed E-state index contributed by atoms with van der Waals surface area (Å²) in [6, 6.07) is 16.4. The second-order valence-corrected chi connectivity index (χ2v) is 6.34. The molecule has 0 spiro atoms. The molecule has 0 unspecified atom stereocenters. The van der Waals surface area contributed by atoms with Crippen LogP contribution >= 0.6 is 23.4 Å². The molecule has 0 aliphatic rings. The molecule has 0 atom stereocenters. The smallest absolute Gasteiger partial charge is 0.364 e. The molecule has 1 aromatic heterocycles. The summed E-state index contributed by atoms with van der Waals surface area (Å²) in [6.45, 7) is 0. The van der Waals surface area contributed by atoms with Crippen molar-refractivity contribution in [2.24, 2.45) is 0 Å². The number of carbonyl (C=O) groups is 1. The highest BCUT2D eigenvalue weighted by Gasteiger charge is 2.16. The number of halogens is 1. The van der Waals surface area contributed by atoms with Gasteiger partial charge < -0.3 is 4.74 Å². The van der Waals surface area contributed by atoms with Crippen LogP contribution in [0.1, 0.15) is 16.1 Å². The summed E-state index contributed by atoms with van der Waals surface area (Å²) < 4.78 is 5.34. The number of nitriles is 1. The third-order valence-corrected chi connectivity index (χ3v) is 4.35. The van der Waals surface area contributed by atoms with Crippen molar-refractivity contribution in [1.82, 2.24) is 9.97 Å². The molecule has 0 aliphatic heterocycles. The zero-order valence-corrected chi connectivity index (χ0v) is 15.2. The van der Waals surface area contributed by atoms with Crippen LogP contribution < -0.4 is 4.74 Å². The molecule has 1 heterocycles. The van der Waals surface area contributed by atoms with Crippen molar-refractivity contribution >= 4 is 29.3 Å². The molecule has 0 N–H and O–H groups in total. The molecule has 128 valence electrons. The fraction of sp³-hybridized carbons (Fsp3) is 0.0526. The first-order chi connectivity index (χ1) is 12.6. The van der Waals surface area contributed by atoms with Crippen LogP contribution in [-0.4, -0.2) is 22.2 Å². The van der Waals surface area contributed by atoms with Crippen LogP contribution in [-0.2, 0) is 0 Å². The van der Waals surface area contributed by atoms with E-state index in [2.05, 4.69) is 16.0 Å². The van der Waals surface area contributed by atoms with Crippen molar-refractivity contribution < 1.29 is 9.53 Å². The Bertz CT molecular complexity index is 983. The van der Waals surface area contributed by atoms with E-state index in [1.807, 2.05) is 24.3 Å². The summed E-state index contributed by atoms with van der Waals surface area (Å²) in [5.74, 6) is -0.258. The lowest BCUT2D eigenvalue weighted by molar-refractivity contribution is 0.0727. The molecule has 7 heteroatoms. The molecule has 0 saturated heterocycles. The number of hydrogen-bond acceptors (Lipinski definition) is 6. The van der Waals surface area contributed by atoms with Gasteiger partial charge in [0.05, 0.1) is 22.9 Å². The van der Waals surface area contributed by atoms with Gasteiger partial charge in [-0.15, -0.1) is 0 Å². The minimum absolute atomic E-state index is 0.0298. The van der Waals surface area contributed by atoms with Crippen molar-refractivity contribution in [1.29, 1.82) is 5.26 Å². The molecule has 0 radical (unpaired) electrons. The van der Waals surface area contributed by atoms with Crippen LogP contribution in [0.15, 0.2) is 59.9 Å². The molecule has 5 nitrogen and oxygen atoms in total. The Kier molecular flexibility index (Phi) is 5.52. The fourth-order valence-corrected chi connectivity index (χ4v) is 2.71. The Morgan fingerprint density at radius 2 is 1.73 bits per heavy atom. The number of hydrogen-bond donors (Lipinski definition) is 0. The first-order valence-electron chi connectivity index (χ1n) is 7.50. The van der Waals surface area contributed by atoms with E-state index in [0.29, 0.717) is 16.5 Å². The summed E-state index contributed by atoms with van der Waals surface area (Å²) in [5.41, 5.74) is 2.54. The Hall–Kier alpha value is -2.88. The molecule has 3 aromatic rings. The van der Waals surface area contributed by atoms with E-state index in [4.69, 9.17) is 21.6 Å². The van der Waals surface area contributed by atoms with Gasteiger partial charge in [-0.3, -0.25) is 0 Å². The molecule has 0 saturated carbocycles. The monoisotopic (exact) mass is 381 g/mol. The van der Waals surface area contributed by atoms with Gasteiger partial charge in [0.2, 0.25) is 0 Å². The van der Waals surface area contributed by atoms with Crippen LogP contribution in [0.25, 0.3) is 11.1 Å². The standard InChI is InChI=1S/C19H12ClN3O2S/c1-26-19-22-11-16(20)17(23-19)18(24)25-15-8-6-14(7-9-15)13-4-2-12(10-21)3-5-13/h2-9,11H,1H3. The minimum Gasteiger partial charge on any atom is -0.422 e. The Morgan fingerprint density at radius 3 is 2.31 bits per heavy atom. The molecular formula is C19H12ClN3O2S. The Labute approximate surface area is 159 Å². The van der Waals surface area contributed by atoms with E-state index in [-0.39, 0.29) is 10.7 Å². The van der Waals surface area contributed by atoms with Gasteiger partial charge >= 0.3 is 5.97 Å². The summed E-state index contributed by atoms with van der Waals surface area (Å²) in [4.78, 5) is 20.4. The highest BCUT2D eigenvalue weighted by Crippen LogP contribution is 2.24. The lowest BCUT2D eigenvalue weighted by atomic mass is 10.0. The number of benzene rings is 2. The minimum atomic E-state index is -0.640. The number of rotatable bonds is 4. The lowest BCUT2D eigenvalue weighted by Gasteiger charge is -2.07. The van der Waals surface area contributed by atoms with Crippen LogP contribution in [0.3, 0.4) is 0 Å². The number of thioether (sulfide) groups is 1. The third kappa shape index (κ3) is 4.02. The second kappa shape index (κ2) is 8.00. The summed E-state index contributed by atoms with van der Waals surface area (Å²) in [6.07, 6.45) is 3.19. The first kappa shape index (κ1) is 17.9. The maximum atomic E-state index is 12.3. The number of nitrogens with zero attached hydrogens (tertiary/aromatic N) is 3. The van der Waals surface area contributed by atoms with E-state index in [1.165, 1.54) is 18.0 Å². The molecule has 0 amide bonds. The third-order valence-electron chi connectivity index (χ3n) is 3.51. The SMILES string of the molecule is CSc1ncc(Cl)c(C(=O)Oc2ccc(-c3ccc(C#N)cc3)cc2)n1. The van der Waals surface area contributed by atoms with Crippen LogP contribution in [0.5, 0.6) is 5.75 Å². The Balaban J connectivity index is 1.77. The van der Waals surface area contributed by atoms with Crippen molar-refractivity contribution in [2.75, 3.05) is 6.26 Å². The molecule has 3 rings (SSSR count). The molecule has 0 aliphatic carbocycles. The van der Waals surface area contributed by atoms with Gasteiger partial charge in [0.15, 0.2) is 10.9 Å². The highest BCUT2D eigenvalue weighted by atomic mass is 35.5. The number of esters is 1. The topological polar surface area (TPSA) is 75.9 Å². The zero-order valence-electron chi connectivity index (χ0n) is 13.6. The number of carbonyl (C=O) groups excluding carboxylic acids is 1. The maximum Gasteiger partial charge on any atom is 0.364 e. The van der Waals surface area contributed by atoms with E-state index in [9.17, 15) is 4.79 Å². The lowest BCUT2D eigenvalue weighted by Crippen LogP contribution is -2.12. The maximum absolute atomic E-state index is 12.3. The molecule has 0 fully saturated rings. The summed E-state index contributed by atoms with van der Waals surface area (Å²) >= 11 is 7.30. The predicted octanol–water partition coefficient (Wildman–Crippen LogP) is 4.61. The largest absolute Gasteiger partial charge is 0.422 e. The van der Waals surface area contributed by atoms with Crippen molar-refractivity contribution in [2.45, 2.75) is 5.16 Å². The molecule has 0 bridgehead atoms. The van der Waals surface area contributed by atoms with Gasteiger partial charge in [0.1, 0.15) is 5.75 Å². The van der Waals surface area contributed by atoms with Crippen LogP contribution in [0, 0.1) is 11.3 Å². The van der Waals surface area contributed by atoms with E-state index >= 15 is 0 Å². The number of aromatic nitrogens is 2. The molecule has 26 heavy (non-hydrogen) atoms. The highest BCUT2D eigenvalue weighted by molar-refractivity contribution is 7.98. The van der Waals surface area contributed by atoms with Gasteiger partial charge in [0.25, 0.3) is 0 Å². The van der Waals surface area contributed by atoms with E-state index < -0.39 is 5.97 Å². The summed E-state index contributed by atoms with van der Waals surface area (Å²) in [7, 11) is 0. The quantitative estimate of drug-likeness (QED) is 0.284. The van der Waals surface area contributed by atoms with Gasteiger partial charge in [0, 0.05) is 0 Å². The van der Waals surface area contributed by atoms with Crippen LogP contribution in [0.4, 0.5) is 0 Å². The average molecular weight is 382 g/mol. The zero-order chi connectivity index (χ0) is 18.5. The van der Waals surface area contributed by atoms with E-state index in [0.717, 1.165) is 11.1 Å². The second-order valence-electron chi connectivity index (χ2n) is 5.16. The van der Waals surface area contributed by atoms with Crippen molar-refractivity contribution in [3.05, 3.63) is 71.0 Å². The molecule has 2 aromatic carbocycles. The Morgan fingerprint density at radius 1 is 1.12 bits per heavy atom. The van der Waals surface area contributed by atoms with E-state index in [1.54, 1.807) is 30.5 Å². The number of ether oxygens (including phenoxy) is 1. The normalized spacial score (nSPS) is 10.2. The first-order valence-corrected chi connectivity index (χ1v) is 9.10. The fourth-order valence-electron chi connectivity index (χ4n) is 2.20. The molecular weight excluding hydrogens is 370 g/mol. The summed E-state index contributed by atoms with van der Waals surface area (Å²) in [5, 5.41) is 9.43. The van der Waals surface area contributed by atoms with Gasteiger partial charge in [-0.2, -0.15) is 5.26 Å². The van der Waals surface area contributed by atoms with Crippen molar-refractivity contribution in [3.63, 3.8) is 0 Å².